The van der Waals surface area contributed by atoms with Crippen molar-refractivity contribution in [1.29, 1.82) is 0 Å². The van der Waals surface area contributed by atoms with E-state index < -0.39 is 45.9 Å². The Bertz CT molecular complexity index is 986. The smallest absolute Gasteiger partial charge is 0.312 e. The molecule has 0 unspecified atom stereocenters. The molecule has 6 N–H and O–H groups in total. The summed E-state index contributed by atoms with van der Waals surface area (Å²) >= 11 is 0. The van der Waals surface area contributed by atoms with Gasteiger partial charge in [0.25, 0.3) is 0 Å². The number of carboxylic acids is 1. The Morgan fingerprint density at radius 3 is 2.16 bits per heavy atom. The van der Waals surface area contributed by atoms with Gasteiger partial charge >= 0.3 is 5.97 Å². The number of carbonyl (C=O) groups is 1. The molecule has 210 valence electrons. The summed E-state index contributed by atoms with van der Waals surface area (Å²) in [5.41, 5.74) is -2.26. The first-order valence-electron chi connectivity index (χ1n) is 14.3. The molecule has 5 aliphatic carbocycles. The van der Waals surface area contributed by atoms with E-state index in [2.05, 4.69) is 40.7 Å². The van der Waals surface area contributed by atoms with Crippen LogP contribution in [0.2, 0.25) is 0 Å². The van der Waals surface area contributed by atoms with Gasteiger partial charge in [-0.25, -0.2) is 0 Å². The lowest BCUT2D eigenvalue weighted by atomic mass is 9.33. The van der Waals surface area contributed by atoms with E-state index in [0.717, 1.165) is 25.7 Å². The fraction of sp³-hybridized carbons (Fsp3) is 0.900. The van der Waals surface area contributed by atoms with Gasteiger partial charge in [0.2, 0.25) is 0 Å². The molecule has 0 heterocycles. The average Bonchev–Trinajstić information content (AvgIpc) is 2.80. The second-order valence-corrected chi connectivity index (χ2v) is 15.0. The van der Waals surface area contributed by atoms with E-state index in [1.165, 1.54) is 5.57 Å². The number of aliphatic carboxylic acids is 1. The monoisotopic (exact) mass is 520 g/mol. The Kier molecular flexibility index (Phi) is 6.16. The molecule has 0 aliphatic heterocycles. The fourth-order valence-corrected chi connectivity index (χ4v) is 10.9. The Labute approximate surface area is 221 Å². The van der Waals surface area contributed by atoms with E-state index in [-0.39, 0.29) is 41.8 Å². The van der Waals surface area contributed by atoms with Gasteiger partial charge < -0.3 is 30.6 Å². The minimum Gasteiger partial charge on any atom is -0.481 e. The molecule has 0 radical (unpaired) electrons. The lowest BCUT2D eigenvalue weighted by Gasteiger charge is -2.72. The highest BCUT2D eigenvalue weighted by molar-refractivity contribution is 5.77. The normalized spacial score (nSPS) is 52.1. The molecule has 7 nitrogen and oxygen atoms in total. The molecule has 7 heteroatoms. The molecular weight excluding hydrogens is 472 g/mol. The van der Waals surface area contributed by atoms with Gasteiger partial charge in [-0.15, -0.1) is 0 Å². The van der Waals surface area contributed by atoms with Gasteiger partial charge in [-0.05, 0) is 90.8 Å². The van der Waals surface area contributed by atoms with Crippen molar-refractivity contribution in [3.05, 3.63) is 11.6 Å². The fourth-order valence-electron chi connectivity index (χ4n) is 10.9. The van der Waals surface area contributed by atoms with E-state index in [4.69, 9.17) is 0 Å². The van der Waals surface area contributed by atoms with Gasteiger partial charge in [-0.1, -0.05) is 46.3 Å². The molecular formula is C30H48O7. The quantitative estimate of drug-likeness (QED) is 0.314. The average molecular weight is 521 g/mol. The largest absolute Gasteiger partial charge is 0.481 e. The van der Waals surface area contributed by atoms with Crippen LogP contribution >= 0.6 is 0 Å². The summed E-state index contributed by atoms with van der Waals surface area (Å²) in [6, 6.07) is 0. The highest BCUT2D eigenvalue weighted by Crippen LogP contribution is 2.75. The first-order valence-corrected chi connectivity index (χ1v) is 14.3. The molecule has 4 saturated carbocycles. The van der Waals surface area contributed by atoms with Crippen molar-refractivity contribution in [3.63, 3.8) is 0 Å². The van der Waals surface area contributed by atoms with Crippen LogP contribution in [0, 0.1) is 50.2 Å². The molecule has 0 bridgehead atoms. The topological polar surface area (TPSA) is 138 Å². The molecule has 0 spiro atoms. The minimum atomic E-state index is -1.19. The van der Waals surface area contributed by atoms with E-state index in [1.807, 2.05) is 0 Å². The summed E-state index contributed by atoms with van der Waals surface area (Å²) in [5, 5.41) is 65.1. The number of fused-ring (bicyclic) bond motifs is 7. The van der Waals surface area contributed by atoms with Crippen LogP contribution in [0.25, 0.3) is 0 Å². The molecule has 0 aromatic rings. The highest BCUT2D eigenvalue weighted by atomic mass is 16.4. The molecule has 0 aromatic carbocycles. The predicted molar refractivity (Wildman–Crippen MR) is 138 cm³/mol. The zero-order chi connectivity index (χ0) is 27.4. The third-order valence-electron chi connectivity index (χ3n) is 13.2. The summed E-state index contributed by atoms with van der Waals surface area (Å²) in [4.78, 5) is 12.8. The van der Waals surface area contributed by atoms with E-state index >= 15 is 0 Å². The van der Waals surface area contributed by atoms with E-state index in [9.17, 15) is 35.4 Å². The molecule has 4 fully saturated rings. The summed E-state index contributed by atoms with van der Waals surface area (Å²) in [5.74, 6) is -1.18. The van der Waals surface area contributed by atoms with Crippen LogP contribution in [-0.4, -0.2) is 68.1 Å². The maximum atomic E-state index is 12.8. The Balaban J connectivity index is 1.64. The Morgan fingerprint density at radius 1 is 0.919 bits per heavy atom. The van der Waals surface area contributed by atoms with Gasteiger partial charge in [-0.2, -0.15) is 0 Å². The van der Waals surface area contributed by atoms with Crippen LogP contribution < -0.4 is 0 Å². The minimum absolute atomic E-state index is 0.00467. The molecule has 0 aromatic heterocycles. The van der Waals surface area contributed by atoms with Crippen molar-refractivity contribution in [2.45, 2.75) is 104 Å². The van der Waals surface area contributed by atoms with Crippen molar-refractivity contribution in [1.82, 2.24) is 0 Å². The van der Waals surface area contributed by atoms with Crippen molar-refractivity contribution < 1.29 is 35.4 Å². The number of hydrogen-bond donors (Lipinski definition) is 6. The number of aliphatic hydroxyl groups excluding tert-OH is 5. The summed E-state index contributed by atoms with van der Waals surface area (Å²) < 4.78 is 0. The van der Waals surface area contributed by atoms with Crippen LogP contribution in [-0.2, 0) is 4.79 Å². The van der Waals surface area contributed by atoms with Crippen LogP contribution in [0.15, 0.2) is 11.6 Å². The van der Waals surface area contributed by atoms with Crippen LogP contribution in [0.3, 0.4) is 0 Å². The second-order valence-electron chi connectivity index (χ2n) is 15.0. The summed E-state index contributed by atoms with van der Waals surface area (Å²) in [6.07, 6.45) is 4.08. The zero-order valence-electron chi connectivity index (χ0n) is 23.2. The van der Waals surface area contributed by atoms with Crippen molar-refractivity contribution in [3.8, 4) is 0 Å². The van der Waals surface area contributed by atoms with Crippen LogP contribution in [0.4, 0.5) is 0 Å². The van der Waals surface area contributed by atoms with Gasteiger partial charge in [0.15, 0.2) is 0 Å². The third kappa shape index (κ3) is 3.21. The first-order chi connectivity index (χ1) is 17.1. The van der Waals surface area contributed by atoms with Crippen LogP contribution in [0.5, 0.6) is 0 Å². The van der Waals surface area contributed by atoms with E-state index in [0.29, 0.717) is 25.7 Å². The Morgan fingerprint density at radius 2 is 1.57 bits per heavy atom. The van der Waals surface area contributed by atoms with Crippen molar-refractivity contribution >= 4 is 5.97 Å². The second kappa shape index (κ2) is 8.26. The number of carboxylic acid groups (broad SMARTS) is 1. The first kappa shape index (κ1) is 27.6. The Hall–Kier alpha value is -0.990. The molecule has 37 heavy (non-hydrogen) atoms. The molecule has 5 aliphatic rings. The summed E-state index contributed by atoms with van der Waals surface area (Å²) in [7, 11) is 0. The zero-order valence-corrected chi connectivity index (χ0v) is 23.2. The van der Waals surface area contributed by atoms with Crippen molar-refractivity contribution in [2.24, 2.45) is 50.2 Å². The third-order valence-corrected chi connectivity index (χ3v) is 13.2. The predicted octanol–water partition coefficient (Wildman–Crippen LogP) is 3.12. The maximum absolute atomic E-state index is 12.8. The molecule has 10 atom stereocenters. The van der Waals surface area contributed by atoms with Gasteiger partial charge in [0, 0.05) is 5.41 Å². The maximum Gasteiger partial charge on any atom is 0.312 e. The molecule has 0 saturated heterocycles. The highest BCUT2D eigenvalue weighted by Gasteiger charge is 2.72. The lowest BCUT2D eigenvalue weighted by Crippen LogP contribution is -2.70. The number of hydrogen-bond acceptors (Lipinski definition) is 6. The molecule has 0 amide bonds. The van der Waals surface area contributed by atoms with Gasteiger partial charge in [0.05, 0.1) is 31.5 Å². The lowest BCUT2D eigenvalue weighted by molar-refractivity contribution is -0.260. The number of rotatable bonds is 3. The van der Waals surface area contributed by atoms with Crippen LogP contribution in [0.1, 0.15) is 86.0 Å². The SMILES string of the molecule is CC1(C)CC[C@]2(C(=O)O)[C@H](O)C[C@@]3(C)C(=CC[C@@H]4[C@]5(C)C[C@H](O)[C@H](O)C(CO)(CO)[C@@H]5CC[C@]43C)[C@H]2C1. The molecule has 5 rings (SSSR count). The van der Waals surface area contributed by atoms with Gasteiger partial charge in [-0.3, -0.25) is 4.79 Å². The van der Waals surface area contributed by atoms with E-state index in [1.54, 1.807) is 0 Å². The summed E-state index contributed by atoms with van der Waals surface area (Å²) in [6.45, 7) is 10.3. The number of aliphatic hydroxyl groups is 5. The van der Waals surface area contributed by atoms with Gasteiger partial charge in [0.1, 0.15) is 5.41 Å². The standard InChI is InChI=1S/C30H48O7/c1-25(2)10-11-30(24(36)37)18(12-25)17-6-7-20-26(3)13-19(33)23(35)29(15-31,16-32)21(26)8-9-27(20,4)28(17,5)14-22(30)34/h6,18-23,31-35H,7-16H2,1-5H3,(H,36,37)/t18-,19+,20-,21-,22-,23+,26+,27-,28+,30-/m1/s1. The number of allylic oxidation sites excluding steroid dienone is 2. The van der Waals surface area contributed by atoms with Crippen molar-refractivity contribution in [2.75, 3.05) is 13.2 Å².